The van der Waals surface area contributed by atoms with Gasteiger partial charge in [0.05, 0.1) is 22.6 Å². The molecule has 1 aromatic rings. The maximum Gasteiger partial charge on any atom is 0.337 e. The molecule has 1 rings (SSSR count). The van der Waals surface area contributed by atoms with Crippen LogP contribution in [0.3, 0.4) is 0 Å². The number of rotatable bonds is 5. The van der Waals surface area contributed by atoms with Crippen LogP contribution >= 0.6 is 11.6 Å². The fourth-order valence-electron chi connectivity index (χ4n) is 1.43. The van der Waals surface area contributed by atoms with Crippen LogP contribution in [0.2, 0.25) is 5.02 Å². The molecule has 0 aliphatic rings. The number of aromatic carboxylic acids is 1. The molecule has 0 radical (unpaired) electrons. The number of hydrogen-bond donors (Lipinski definition) is 2. The highest BCUT2D eigenvalue weighted by Gasteiger charge is 2.21. The summed E-state index contributed by atoms with van der Waals surface area (Å²) >= 11 is 5.74. The van der Waals surface area contributed by atoms with Gasteiger partial charge in [-0.3, -0.25) is 4.79 Å². The summed E-state index contributed by atoms with van der Waals surface area (Å²) in [4.78, 5) is 22.7. The quantitative estimate of drug-likeness (QED) is 0.872. The van der Waals surface area contributed by atoms with E-state index in [4.69, 9.17) is 21.4 Å². The van der Waals surface area contributed by atoms with Gasteiger partial charge in [0, 0.05) is 12.8 Å². The van der Waals surface area contributed by atoms with Crippen molar-refractivity contribution in [2.45, 2.75) is 25.9 Å². The summed E-state index contributed by atoms with van der Waals surface area (Å²) in [5.41, 5.74) is -0.240. The smallest absolute Gasteiger partial charge is 0.337 e. The predicted octanol–water partition coefficient (Wildman–Crippen LogP) is 2.79. The number of amides is 1. The number of ether oxygens (including phenoxy) is 1. The van der Waals surface area contributed by atoms with E-state index < -0.39 is 11.6 Å². The molecular weight excluding hydrogens is 270 g/mol. The molecule has 0 aliphatic heterocycles. The van der Waals surface area contributed by atoms with Crippen LogP contribution < -0.4 is 5.32 Å². The second-order valence-electron chi connectivity index (χ2n) is 4.69. The van der Waals surface area contributed by atoms with Crippen LogP contribution in [0.1, 0.15) is 30.6 Å². The van der Waals surface area contributed by atoms with Gasteiger partial charge in [-0.1, -0.05) is 11.6 Å². The molecule has 2 N–H and O–H groups in total. The van der Waals surface area contributed by atoms with E-state index in [1.165, 1.54) is 19.2 Å². The highest BCUT2D eigenvalue weighted by atomic mass is 35.5. The van der Waals surface area contributed by atoms with Crippen molar-refractivity contribution >= 4 is 29.2 Å². The zero-order valence-electron chi connectivity index (χ0n) is 11.0. The zero-order chi connectivity index (χ0) is 14.6. The van der Waals surface area contributed by atoms with E-state index in [0.717, 1.165) is 0 Å². The molecule has 5 nitrogen and oxygen atoms in total. The van der Waals surface area contributed by atoms with Crippen LogP contribution in [-0.2, 0) is 9.53 Å². The Bertz CT molecular complexity index is 499. The minimum Gasteiger partial charge on any atom is -0.478 e. The third-order valence-corrected chi connectivity index (χ3v) is 2.95. The summed E-state index contributed by atoms with van der Waals surface area (Å²) in [5, 5.41) is 11.7. The Morgan fingerprint density at radius 3 is 2.58 bits per heavy atom. The van der Waals surface area contributed by atoms with Crippen LogP contribution in [0.25, 0.3) is 0 Å². The van der Waals surface area contributed by atoms with Crippen molar-refractivity contribution in [3.63, 3.8) is 0 Å². The summed E-state index contributed by atoms with van der Waals surface area (Å²) in [5.74, 6) is -1.40. The minimum absolute atomic E-state index is 0.0505. The highest BCUT2D eigenvalue weighted by molar-refractivity contribution is 6.33. The lowest BCUT2D eigenvalue weighted by Crippen LogP contribution is -2.29. The molecular formula is C13H16ClNO4. The maximum atomic E-state index is 11.8. The Morgan fingerprint density at radius 1 is 1.42 bits per heavy atom. The number of nitrogens with one attached hydrogen (secondary N) is 1. The number of methoxy groups -OCH3 is 1. The molecule has 1 amide bonds. The summed E-state index contributed by atoms with van der Waals surface area (Å²) in [6.07, 6.45) is 0.161. The van der Waals surface area contributed by atoms with Crippen LogP contribution in [0.15, 0.2) is 18.2 Å². The van der Waals surface area contributed by atoms with Gasteiger partial charge in [0.1, 0.15) is 0 Å². The predicted molar refractivity (Wildman–Crippen MR) is 72.7 cm³/mol. The fourth-order valence-corrected chi connectivity index (χ4v) is 1.63. The first-order valence-corrected chi connectivity index (χ1v) is 6.01. The number of carbonyl (C=O) groups is 2. The van der Waals surface area contributed by atoms with Crippen molar-refractivity contribution in [1.29, 1.82) is 0 Å². The number of hydrogen-bond acceptors (Lipinski definition) is 3. The van der Waals surface area contributed by atoms with Crippen molar-refractivity contribution in [1.82, 2.24) is 0 Å². The summed E-state index contributed by atoms with van der Waals surface area (Å²) in [6.45, 7) is 3.58. The van der Waals surface area contributed by atoms with E-state index in [0.29, 0.717) is 5.69 Å². The Kier molecular flexibility index (Phi) is 4.91. The minimum atomic E-state index is -1.14. The van der Waals surface area contributed by atoms with Gasteiger partial charge in [-0.15, -0.1) is 0 Å². The van der Waals surface area contributed by atoms with Gasteiger partial charge < -0.3 is 15.2 Å². The Hall–Kier alpha value is -1.59. The largest absolute Gasteiger partial charge is 0.478 e. The van der Waals surface area contributed by atoms with E-state index in [2.05, 4.69) is 5.32 Å². The number of carbonyl (C=O) groups excluding carboxylic acids is 1. The molecule has 0 fully saturated rings. The van der Waals surface area contributed by atoms with Crippen LogP contribution in [-0.4, -0.2) is 29.7 Å². The standard InChI is InChI=1S/C13H16ClNO4/c1-13(2,19-3)7-11(16)15-8-4-5-10(14)9(6-8)12(17)18/h4-6H,7H2,1-3H3,(H,15,16)(H,17,18). The number of carboxylic acids is 1. The zero-order valence-corrected chi connectivity index (χ0v) is 11.7. The molecule has 19 heavy (non-hydrogen) atoms. The first-order valence-electron chi connectivity index (χ1n) is 5.63. The molecule has 0 atom stereocenters. The van der Waals surface area contributed by atoms with E-state index in [1.807, 2.05) is 0 Å². The number of halogens is 1. The monoisotopic (exact) mass is 285 g/mol. The average Bonchev–Trinajstić information content (AvgIpc) is 2.30. The van der Waals surface area contributed by atoms with E-state index in [1.54, 1.807) is 19.9 Å². The lowest BCUT2D eigenvalue weighted by atomic mass is 10.0. The Morgan fingerprint density at radius 2 is 2.05 bits per heavy atom. The highest BCUT2D eigenvalue weighted by Crippen LogP contribution is 2.21. The molecule has 104 valence electrons. The summed E-state index contributed by atoms with van der Waals surface area (Å²) in [7, 11) is 1.53. The molecule has 0 bridgehead atoms. The van der Waals surface area contributed by atoms with Gasteiger partial charge in [-0.05, 0) is 32.0 Å². The summed E-state index contributed by atoms with van der Waals surface area (Å²) in [6, 6.07) is 4.30. The molecule has 6 heteroatoms. The molecule has 0 heterocycles. The van der Waals surface area contributed by atoms with Crippen molar-refractivity contribution in [3.8, 4) is 0 Å². The molecule has 0 saturated heterocycles. The first kappa shape index (κ1) is 15.5. The van der Waals surface area contributed by atoms with Crippen LogP contribution in [0.4, 0.5) is 5.69 Å². The lowest BCUT2D eigenvalue weighted by Gasteiger charge is -2.22. The topological polar surface area (TPSA) is 75.6 Å². The molecule has 1 aromatic carbocycles. The van der Waals surface area contributed by atoms with Gasteiger partial charge >= 0.3 is 5.97 Å². The molecule has 0 aliphatic carbocycles. The number of benzene rings is 1. The van der Waals surface area contributed by atoms with Crippen LogP contribution in [0, 0.1) is 0 Å². The van der Waals surface area contributed by atoms with Gasteiger partial charge in [-0.2, -0.15) is 0 Å². The Balaban J connectivity index is 2.81. The molecule has 0 unspecified atom stereocenters. The molecule has 0 spiro atoms. The van der Waals surface area contributed by atoms with Crippen LogP contribution in [0.5, 0.6) is 0 Å². The third-order valence-electron chi connectivity index (χ3n) is 2.62. The third kappa shape index (κ3) is 4.54. The summed E-state index contributed by atoms with van der Waals surface area (Å²) < 4.78 is 5.15. The number of anilines is 1. The van der Waals surface area contributed by atoms with Crippen molar-refractivity contribution in [2.24, 2.45) is 0 Å². The second-order valence-corrected chi connectivity index (χ2v) is 5.10. The average molecular weight is 286 g/mol. The Labute approximate surface area is 116 Å². The second kappa shape index (κ2) is 6.04. The lowest BCUT2D eigenvalue weighted by molar-refractivity contribution is -0.121. The van der Waals surface area contributed by atoms with Crippen molar-refractivity contribution in [2.75, 3.05) is 12.4 Å². The first-order chi connectivity index (χ1) is 8.75. The van der Waals surface area contributed by atoms with Crippen molar-refractivity contribution in [3.05, 3.63) is 28.8 Å². The van der Waals surface area contributed by atoms with Crippen molar-refractivity contribution < 1.29 is 19.4 Å². The van der Waals surface area contributed by atoms with Gasteiger partial charge in [0.25, 0.3) is 0 Å². The maximum absolute atomic E-state index is 11.8. The normalized spacial score (nSPS) is 11.2. The SMILES string of the molecule is COC(C)(C)CC(=O)Nc1ccc(Cl)c(C(=O)O)c1. The molecule has 0 saturated carbocycles. The van der Waals surface area contributed by atoms with E-state index >= 15 is 0 Å². The van der Waals surface area contributed by atoms with E-state index in [9.17, 15) is 9.59 Å². The fraction of sp³-hybridized carbons (Fsp3) is 0.385. The van der Waals surface area contributed by atoms with Gasteiger partial charge in [0.2, 0.25) is 5.91 Å². The molecule has 0 aromatic heterocycles. The number of carboxylic acid groups (broad SMARTS) is 1. The van der Waals surface area contributed by atoms with Gasteiger partial charge in [0.15, 0.2) is 0 Å². The van der Waals surface area contributed by atoms with Gasteiger partial charge in [-0.25, -0.2) is 4.79 Å². The van der Waals surface area contributed by atoms with E-state index in [-0.39, 0.29) is 22.9 Å².